The van der Waals surface area contributed by atoms with E-state index in [1.165, 1.54) is 0 Å². The van der Waals surface area contributed by atoms with E-state index in [0.29, 0.717) is 0 Å². The van der Waals surface area contributed by atoms with Crippen molar-refractivity contribution in [3.05, 3.63) is 0 Å². The largest absolute Gasteiger partial charge is 2.00 e. The van der Waals surface area contributed by atoms with Gasteiger partial charge >= 0.3 is 60.0 Å². The summed E-state index contributed by atoms with van der Waals surface area (Å²) in [5, 5.41) is 0. The molecule has 0 atom stereocenters. The Kier molecular flexibility index (Phi) is 188. The first-order chi connectivity index (χ1) is 2.00. The molecule has 0 N–H and O–H groups in total. The molecular formula is Cu2O2Pd. The zero-order valence-corrected chi connectivity index (χ0v) is 5.17. The first kappa shape index (κ1) is 16.2. The normalized spacial score (nSPS) is 2.40. The first-order valence-corrected chi connectivity index (χ1v) is 1.02. The summed E-state index contributed by atoms with van der Waals surface area (Å²) in [5.74, 6) is 0. The van der Waals surface area contributed by atoms with Gasteiger partial charge < -0.3 is 0 Å². The summed E-state index contributed by atoms with van der Waals surface area (Å²) in [4.78, 5) is 0. The van der Waals surface area contributed by atoms with E-state index in [2.05, 4.69) is 31.9 Å². The van der Waals surface area contributed by atoms with Crippen LogP contribution in [-0.2, 0) is 60.0 Å². The van der Waals surface area contributed by atoms with Crippen LogP contribution in [0.3, 0.4) is 0 Å². The Morgan fingerprint density at radius 2 is 0.800 bits per heavy atom. The van der Waals surface area contributed by atoms with Gasteiger partial charge in [-0.1, -0.05) is 0 Å². The molecule has 0 aromatic rings. The van der Waals surface area contributed by atoms with Gasteiger partial charge in [-0.25, -0.2) is 0 Å². The van der Waals surface area contributed by atoms with E-state index in [-0.39, 0.29) is 20.4 Å². The molecule has 2 nitrogen and oxygen atoms in total. The van der Waals surface area contributed by atoms with Crippen LogP contribution in [-0.4, -0.2) is 0 Å². The molecule has 0 aliphatic heterocycles. The summed E-state index contributed by atoms with van der Waals surface area (Å²) in [6.07, 6.45) is 0. The molecule has 0 spiro atoms. The van der Waals surface area contributed by atoms with E-state index >= 15 is 0 Å². The predicted octanol–water partition coefficient (Wildman–Crippen LogP) is -0.245. The number of hydrogen-bond acceptors (Lipinski definition) is 2. The molecule has 0 bridgehead atoms. The van der Waals surface area contributed by atoms with E-state index < -0.39 is 0 Å². The van der Waals surface area contributed by atoms with Gasteiger partial charge in [-0.15, -0.1) is 0 Å². The predicted molar refractivity (Wildman–Crippen MR) is 1.37 cm³/mol. The molecule has 5 heteroatoms. The van der Waals surface area contributed by atoms with Gasteiger partial charge in [0.15, 0.2) is 0 Å². The molecule has 0 aliphatic carbocycles. The van der Waals surface area contributed by atoms with Crippen molar-refractivity contribution < 1.29 is 60.0 Å². The van der Waals surface area contributed by atoms with Crippen molar-refractivity contribution in [1.29, 1.82) is 0 Å². The summed E-state index contributed by atoms with van der Waals surface area (Å²) in [5.41, 5.74) is 0. The van der Waals surface area contributed by atoms with Crippen LogP contribution in [0.25, 0.3) is 0 Å². The minimum atomic E-state index is 0. The van der Waals surface area contributed by atoms with Gasteiger partial charge in [0.1, 0.15) is 0 Å². The van der Waals surface area contributed by atoms with Gasteiger partial charge in [0.25, 0.3) is 0 Å². The van der Waals surface area contributed by atoms with Crippen molar-refractivity contribution in [3.63, 3.8) is 0 Å². The maximum absolute atomic E-state index is 7.81. The zero-order valence-electron chi connectivity index (χ0n) is 1.74. The molecule has 44 valence electrons. The van der Waals surface area contributed by atoms with E-state index in [1.54, 1.807) is 0 Å². The third-order valence-electron chi connectivity index (χ3n) is 0. The van der Waals surface area contributed by atoms with Gasteiger partial charge in [0.05, 0.1) is 0 Å². The molecule has 0 saturated carbocycles. The van der Waals surface area contributed by atoms with Crippen molar-refractivity contribution in [1.82, 2.24) is 0 Å². The molecule has 0 saturated heterocycles. The van der Waals surface area contributed by atoms with Crippen LogP contribution < -0.4 is 0 Å². The number of rotatable bonds is 0. The smallest absolute Gasteiger partial charge is 2.00 e. The third-order valence-corrected chi connectivity index (χ3v) is 0. The van der Waals surface area contributed by atoms with Gasteiger partial charge in [-0.2, -0.15) is 0 Å². The van der Waals surface area contributed by atoms with Crippen LogP contribution in [0.4, 0.5) is 0 Å². The van der Waals surface area contributed by atoms with Gasteiger partial charge in [0.2, 0.25) is 0 Å². The fourth-order valence-corrected chi connectivity index (χ4v) is 0. The molecule has 0 heterocycles. The van der Waals surface area contributed by atoms with Crippen LogP contribution in [0.1, 0.15) is 0 Å². The summed E-state index contributed by atoms with van der Waals surface area (Å²) in [6, 6.07) is 0. The van der Waals surface area contributed by atoms with Gasteiger partial charge in [-0.3, -0.25) is 0 Å². The summed E-state index contributed by atoms with van der Waals surface area (Å²) in [6.45, 7) is 0. The third kappa shape index (κ3) is 34.1. The maximum Gasteiger partial charge on any atom is 2.00 e. The van der Waals surface area contributed by atoms with Gasteiger partial charge in [0, 0.05) is 0 Å². The quantitative estimate of drug-likeness (QED) is 0.566. The van der Waals surface area contributed by atoms with E-state index in [1.807, 2.05) is 0 Å². The van der Waals surface area contributed by atoms with E-state index in [9.17, 15) is 0 Å². The molecular weight excluding hydrogens is 266 g/mol. The van der Waals surface area contributed by atoms with E-state index in [4.69, 9.17) is 7.67 Å². The average molecular weight is 266 g/mol. The zero-order chi connectivity index (χ0) is 4.00. The standard InChI is InChI=1S/2Cu.2O.Pd/q2*-1;;;+2. The topological polar surface area (TPSA) is 34.1 Å². The fourth-order valence-electron chi connectivity index (χ4n) is 0. The fraction of sp³-hybridized carbons (Fsp3) is 0. The van der Waals surface area contributed by atoms with Crippen LogP contribution in [0, 0.1) is 0 Å². The molecule has 0 aliphatic rings. The molecule has 0 amide bonds. The molecule has 0 aromatic heterocycles. The SMILES string of the molecule is [O]=[Cu-].[O]=[Cu-].[Pd+2]. The second-order valence-electron chi connectivity index (χ2n) is 0. The van der Waals surface area contributed by atoms with Crippen LogP contribution in [0.2, 0.25) is 0 Å². The Balaban J connectivity index is -0.0000000133. The average Bonchev–Trinajstić information content (AvgIpc) is 1.50. The second kappa shape index (κ2) is 57.9. The molecule has 0 unspecified atom stereocenters. The minimum Gasteiger partial charge on any atom is 2.00 e. The van der Waals surface area contributed by atoms with Crippen molar-refractivity contribution in [2.24, 2.45) is 0 Å². The van der Waals surface area contributed by atoms with Crippen LogP contribution >= 0.6 is 0 Å². The Morgan fingerprint density at radius 1 is 0.800 bits per heavy atom. The molecule has 0 fully saturated rings. The Hall–Kier alpha value is 1.30. The molecule has 0 rings (SSSR count). The van der Waals surface area contributed by atoms with Crippen molar-refractivity contribution in [2.75, 3.05) is 0 Å². The second-order valence-corrected chi connectivity index (χ2v) is 0. The Bertz CT molecular complexity index is 9.61. The van der Waals surface area contributed by atoms with Gasteiger partial charge in [-0.05, 0) is 0 Å². The summed E-state index contributed by atoms with van der Waals surface area (Å²) >= 11 is 5.88. The Labute approximate surface area is 59.8 Å². The molecule has 0 radical (unpaired) electrons. The minimum absolute atomic E-state index is 0. The van der Waals surface area contributed by atoms with Crippen molar-refractivity contribution in [3.8, 4) is 0 Å². The van der Waals surface area contributed by atoms with Crippen LogP contribution in [0.15, 0.2) is 0 Å². The summed E-state index contributed by atoms with van der Waals surface area (Å²) in [7, 11) is 0. The van der Waals surface area contributed by atoms with Crippen molar-refractivity contribution >= 4 is 0 Å². The maximum atomic E-state index is 7.81. The first-order valence-electron chi connectivity index (χ1n) is 0.246. The Morgan fingerprint density at radius 3 is 0.800 bits per heavy atom. The summed E-state index contributed by atoms with van der Waals surface area (Å²) < 4.78 is 15.6. The van der Waals surface area contributed by atoms with Crippen LogP contribution in [0.5, 0.6) is 0 Å². The number of hydrogen-bond donors (Lipinski definition) is 0. The molecule has 5 heavy (non-hydrogen) atoms. The monoisotopic (exact) mass is 264 g/mol. The molecule has 0 aromatic carbocycles. The van der Waals surface area contributed by atoms with E-state index in [0.717, 1.165) is 0 Å². The van der Waals surface area contributed by atoms with Crippen molar-refractivity contribution in [2.45, 2.75) is 0 Å².